The molecule has 3 nitrogen and oxygen atoms in total. The summed E-state index contributed by atoms with van der Waals surface area (Å²) in [5, 5.41) is 0. The van der Waals surface area contributed by atoms with Gasteiger partial charge in [0, 0.05) is 23.6 Å². The number of alkyl halides is 1. The molecular formula is C12H15Br2NO2. The molecule has 0 aliphatic rings. The number of methoxy groups -OCH3 is 1. The summed E-state index contributed by atoms with van der Waals surface area (Å²) in [6, 6.07) is 5.76. The van der Waals surface area contributed by atoms with Crippen molar-refractivity contribution in [1.82, 2.24) is 4.90 Å². The monoisotopic (exact) mass is 363 g/mol. The van der Waals surface area contributed by atoms with Gasteiger partial charge < -0.3 is 9.64 Å². The van der Waals surface area contributed by atoms with Gasteiger partial charge in [0.25, 0.3) is 0 Å². The lowest BCUT2D eigenvalue weighted by Crippen LogP contribution is -2.31. The number of rotatable bonds is 4. The van der Waals surface area contributed by atoms with E-state index in [2.05, 4.69) is 31.9 Å². The molecule has 0 saturated heterocycles. The molecule has 0 radical (unpaired) electrons. The van der Waals surface area contributed by atoms with Gasteiger partial charge in [-0.05, 0) is 25.1 Å². The van der Waals surface area contributed by atoms with E-state index in [1.165, 1.54) is 0 Å². The number of benzene rings is 1. The quantitative estimate of drug-likeness (QED) is 0.768. The molecule has 0 fully saturated rings. The average molecular weight is 365 g/mol. The van der Waals surface area contributed by atoms with Crippen LogP contribution in [-0.2, 0) is 11.3 Å². The van der Waals surface area contributed by atoms with Crippen LogP contribution in [0.15, 0.2) is 22.7 Å². The third-order valence-electron chi connectivity index (χ3n) is 2.37. The van der Waals surface area contributed by atoms with Gasteiger partial charge in [0.05, 0.1) is 11.9 Å². The van der Waals surface area contributed by atoms with E-state index in [-0.39, 0.29) is 10.7 Å². The maximum absolute atomic E-state index is 11.8. The topological polar surface area (TPSA) is 29.5 Å². The van der Waals surface area contributed by atoms with Gasteiger partial charge in [-0.2, -0.15) is 0 Å². The highest BCUT2D eigenvalue weighted by Gasteiger charge is 2.16. The number of hydrogen-bond acceptors (Lipinski definition) is 2. The van der Waals surface area contributed by atoms with Crippen molar-refractivity contribution in [3.05, 3.63) is 28.2 Å². The highest BCUT2D eigenvalue weighted by molar-refractivity contribution is 9.10. The van der Waals surface area contributed by atoms with Gasteiger partial charge in [-0.25, -0.2) is 0 Å². The van der Waals surface area contributed by atoms with Gasteiger partial charge >= 0.3 is 0 Å². The summed E-state index contributed by atoms with van der Waals surface area (Å²) in [5.41, 5.74) is 0.978. The number of ether oxygens (including phenoxy) is 1. The fraction of sp³-hybridized carbons (Fsp3) is 0.417. The van der Waals surface area contributed by atoms with E-state index >= 15 is 0 Å². The predicted molar refractivity (Wildman–Crippen MR) is 75.6 cm³/mol. The van der Waals surface area contributed by atoms with E-state index in [4.69, 9.17) is 4.74 Å². The second kappa shape index (κ2) is 6.40. The van der Waals surface area contributed by atoms with Crippen LogP contribution in [0.5, 0.6) is 5.75 Å². The molecule has 1 aromatic carbocycles. The van der Waals surface area contributed by atoms with Crippen LogP contribution >= 0.6 is 31.9 Å². The van der Waals surface area contributed by atoms with Gasteiger partial charge in [-0.15, -0.1) is 0 Å². The molecule has 0 saturated carbocycles. The molecule has 1 amide bonds. The van der Waals surface area contributed by atoms with Crippen LogP contribution in [0.2, 0.25) is 0 Å². The molecule has 1 aromatic rings. The van der Waals surface area contributed by atoms with Crippen LogP contribution in [-0.4, -0.2) is 29.8 Å². The molecule has 94 valence electrons. The second-order valence-electron chi connectivity index (χ2n) is 3.77. The number of carbonyl (C=O) groups is 1. The Hall–Kier alpha value is -0.550. The lowest BCUT2D eigenvalue weighted by Gasteiger charge is -2.20. The van der Waals surface area contributed by atoms with Gasteiger partial charge in [0.1, 0.15) is 5.75 Å². The Kier molecular flexibility index (Phi) is 5.46. The summed E-state index contributed by atoms with van der Waals surface area (Å²) in [7, 11) is 3.40. The van der Waals surface area contributed by atoms with Crippen molar-refractivity contribution >= 4 is 37.8 Å². The van der Waals surface area contributed by atoms with Crippen LogP contribution in [0.3, 0.4) is 0 Å². The first-order valence-electron chi connectivity index (χ1n) is 5.17. The smallest absolute Gasteiger partial charge is 0.236 e. The summed E-state index contributed by atoms with van der Waals surface area (Å²) < 4.78 is 6.24. The minimum Gasteiger partial charge on any atom is -0.496 e. The van der Waals surface area contributed by atoms with Crippen molar-refractivity contribution in [2.75, 3.05) is 14.2 Å². The van der Waals surface area contributed by atoms with E-state index in [0.29, 0.717) is 6.54 Å². The minimum atomic E-state index is -0.175. The first-order valence-corrected chi connectivity index (χ1v) is 6.88. The molecular weight excluding hydrogens is 350 g/mol. The molecule has 0 aliphatic heterocycles. The fourth-order valence-electron chi connectivity index (χ4n) is 1.51. The third-order valence-corrected chi connectivity index (χ3v) is 3.25. The largest absolute Gasteiger partial charge is 0.496 e. The molecule has 1 rings (SSSR count). The Morgan fingerprint density at radius 2 is 2.18 bits per heavy atom. The molecule has 1 atom stereocenters. The lowest BCUT2D eigenvalue weighted by molar-refractivity contribution is -0.129. The third kappa shape index (κ3) is 4.00. The maximum atomic E-state index is 11.8. The number of amides is 1. The number of nitrogens with zero attached hydrogens (tertiary/aromatic N) is 1. The summed E-state index contributed by atoms with van der Waals surface area (Å²) >= 11 is 6.69. The van der Waals surface area contributed by atoms with Crippen LogP contribution < -0.4 is 4.74 Å². The number of halogens is 2. The normalized spacial score (nSPS) is 12.1. The SMILES string of the molecule is COc1ccc(Br)cc1CN(C)C(=O)C(C)Br. The molecule has 0 heterocycles. The lowest BCUT2D eigenvalue weighted by atomic mass is 10.2. The Morgan fingerprint density at radius 1 is 1.53 bits per heavy atom. The van der Waals surface area contributed by atoms with Crippen molar-refractivity contribution < 1.29 is 9.53 Å². The zero-order chi connectivity index (χ0) is 13.0. The molecule has 17 heavy (non-hydrogen) atoms. The molecule has 0 spiro atoms. The second-order valence-corrected chi connectivity index (χ2v) is 6.06. The first kappa shape index (κ1) is 14.5. The zero-order valence-electron chi connectivity index (χ0n) is 10.0. The standard InChI is InChI=1S/C12H15Br2NO2/c1-8(13)12(16)15(2)7-9-6-10(14)4-5-11(9)17-3/h4-6,8H,7H2,1-3H3. The van der Waals surface area contributed by atoms with E-state index < -0.39 is 0 Å². The molecule has 1 unspecified atom stereocenters. The van der Waals surface area contributed by atoms with Gasteiger partial charge in [0.15, 0.2) is 0 Å². The van der Waals surface area contributed by atoms with Crippen molar-refractivity contribution in [3.8, 4) is 5.75 Å². The van der Waals surface area contributed by atoms with E-state index in [0.717, 1.165) is 15.8 Å². The van der Waals surface area contributed by atoms with Crippen molar-refractivity contribution in [2.45, 2.75) is 18.3 Å². The molecule has 0 aromatic heterocycles. The average Bonchev–Trinajstić information content (AvgIpc) is 2.28. The summed E-state index contributed by atoms with van der Waals surface area (Å²) in [4.78, 5) is 13.3. The summed E-state index contributed by atoms with van der Waals surface area (Å²) in [6.45, 7) is 2.34. The Balaban J connectivity index is 2.87. The predicted octanol–water partition coefficient (Wildman–Crippen LogP) is 3.20. The van der Waals surface area contributed by atoms with Crippen LogP contribution in [0.1, 0.15) is 12.5 Å². The molecule has 0 N–H and O–H groups in total. The van der Waals surface area contributed by atoms with Gasteiger partial charge in [-0.3, -0.25) is 4.79 Å². The van der Waals surface area contributed by atoms with Gasteiger partial charge in [-0.1, -0.05) is 31.9 Å². The van der Waals surface area contributed by atoms with Crippen LogP contribution in [0, 0.1) is 0 Å². The summed E-state index contributed by atoms with van der Waals surface area (Å²) in [6.07, 6.45) is 0. The highest BCUT2D eigenvalue weighted by Crippen LogP contribution is 2.24. The van der Waals surface area contributed by atoms with Crippen LogP contribution in [0.4, 0.5) is 0 Å². The molecule has 0 bridgehead atoms. The maximum Gasteiger partial charge on any atom is 0.236 e. The Morgan fingerprint density at radius 3 is 2.71 bits per heavy atom. The number of hydrogen-bond donors (Lipinski definition) is 0. The molecule has 0 aliphatic carbocycles. The van der Waals surface area contributed by atoms with Gasteiger partial charge in [0.2, 0.25) is 5.91 Å². The van der Waals surface area contributed by atoms with Crippen molar-refractivity contribution in [1.29, 1.82) is 0 Å². The zero-order valence-corrected chi connectivity index (χ0v) is 13.2. The minimum absolute atomic E-state index is 0.0482. The first-order chi connectivity index (χ1) is 7.95. The number of carbonyl (C=O) groups excluding carboxylic acids is 1. The Bertz CT molecular complexity index is 407. The molecule has 5 heteroatoms. The van der Waals surface area contributed by atoms with Crippen molar-refractivity contribution in [3.63, 3.8) is 0 Å². The fourth-order valence-corrected chi connectivity index (χ4v) is 2.27. The summed E-state index contributed by atoms with van der Waals surface area (Å²) in [5.74, 6) is 0.835. The van der Waals surface area contributed by atoms with E-state index in [1.807, 2.05) is 25.1 Å². The van der Waals surface area contributed by atoms with E-state index in [9.17, 15) is 4.79 Å². The highest BCUT2D eigenvalue weighted by atomic mass is 79.9. The van der Waals surface area contributed by atoms with Crippen molar-refractivity contribution in [2.24, 2.45) is 0 Å². The van der Waals surface area contributed by atoms with Crippen LogP contribution in [0.25, 0.3) is 0 Å². The van der Waals surface area contributed by atoms with E-state index in [1.54, 1.807) is 19.1 Å². The Labute approximate surface area is 118 Å².